The Morgan fingerprint density at radius 3 is 3.17 bits per heavy atom. The van der Waals surface area contributed by atoms with Gasteiger partial charge in [-0.1, -0.05) is 6.92 Å². The monoisotopic (exact) mass is 164 g/mol. The molecule has 2 atom stereocenters. The van der Waals surface area contributed by atoms with Gasteiger partial charge in [-0.15, -0.1) is 0 Å². The van der Waals surface area contributed by atoms with Gasteiger partial charge in [0, 0.05) is 18.3 Å². The lowest BCUT2D eigenvalue weighted by Gasteiger charge is -2.27. The SMILES string of the molecule is CC1CCc2c[nH]cc2C1CN. The van der Waals surface area contributed by atoms with E-state index in [1.807, 2.05) is 0 Å². The molecule has 3 N–H and O–H groups in total. The fraction of sp³-hybridized carbons (Fsp3) is 0.600. The average molecular weight is 164 g/mol. The maximum absolute atomic E-state index is 5.75. The third-order valence-corrected chi connectivity index (χ3v) is 3.08. The molecule has 2 unspecified atom stereocenters. The van der Waals surface area contributed by atoms with Crippen LogP contribution in [0.2, 0.25) is 0 Å². The Bertz CT molecular complexity index is 265. The molecule has 1 heterocycles. The summed E-state index contributed by atoms with van der Waals surface area (Å²) in [7, 11) is 0. The Morgan fingerprint density at radius 2 is 2.42 bits per heavy atom. The van der Waals surface area contributed by atoms with E-state index >= 15 is 0 Å². The molecule has 0 saturated heterocycles. The number of hydrogen-bond acceptors (Lipinski definition) is 1. The zero-order valence-electron chi connectivity index (χ0n) is 7.51. The second-order valence-corrected chi connectivity index (χ2v) is 3.79. The number of hydrogen-bond donors (Lipinski definition) is 2. The minimum Gasteiger partial charge on any atom is -0.367 e. The highest BCUT2D eigenvalue weighted by Gasteiger charge is 2.25. The first-order chi connectivity index (χ1) is 5.83. The molecule has 0 amide bonds. The van der Waals surface area contributed by atoms with Gasteiger partial charge < -0.3 is 10.7 Å². The summed E-state index contributed by atoms with van der Waals surface area (Å²) in [4.78, 5) is 3.17. The topological polar surface area (TPSA) is 41.8 Å². The third-order valence-electron chi connectivity index (χ3n) is 3.08. The van der Waals surface area contributed by atoms with Gasteiger partial charge >= 0.3 is 0 Å². The van der Waals surface area contributed by atoms with E-state index < -0.39 is 0 Å². The van der Waals surface area contributed by atoms with Crippen LogP contribution in [0.5, 0.6) is 0 Å². The smallest absolute Gasteiger partial charge is 0.00436 e. The van der Waals surface area contributed by atoms with Crippen molar-refractivity contribution >= 4 is 0 Å². The standard InChI is InChI=1S/C10H16N2/c1-7-2-3-8-5-12-6-10(8)9(7)4-11/h5-7,9,12H,2-4,11H2,1H3. The van der Waals surface area contributed by atoms with Crippen molar-refractivity contribution in [2.75, 3.05) is 6.54 Å². The van der Waals surface area contributed by atoms with Crippen LogP contribution in [0.25, 0.3) is 0 Å². The molecule has 66 valence electrons. The van der Waals surface area contributed by atoms with Gasteiger partial charge in [-0.2, -0.15) is 0 Å². The molecule has 1 aliphatic rings. The molecule has 0 fully saturated rings. The fourth-order valence-electron chi connectivity index (χ4n) is 2.22. The summed E-state index contributed by atoms with van der Waals surface area (Å²) in [5, 5.41) is 0. The van der Waals surface area contributed by atoms with E-state index in [0.717, 1.165) is 12.5 Å². The van der Waals surface area contributed by atoms with Crippen molar-refractivity contribution in [1.82, 2.24) is 4.98 Å². The van der Waals surface area contributed by atoms with Crippen LogP contribution in [0.15, 0.2) is 12.4 Å². The molecule has 1 aromatic rings. The molecule has 0 spiro atoms. The number of aryl methyl sites for hydroxylation is 1. The molecular formula is C10H16N2. The first kappa shape index (κ1) is 7.87. The number of H-pyrrole nitrogens is 1. The summed E-state index contributed by atoms with van der Waals surface area (Å²) >= 11 is 0. The van der Waals surface area contributed by atoms with Crippen molar-refractivity contribution in [2.24, 2.45) is 11.7 Å². The third kappa shape index (κ3) is 1.07. The normalized spacial score (nSPS) is 28.5. The number of fused-ring (bicyclic) bond motifs is 1. The van der Waals surface area contributed by atoms with Crippen molar-refractivity contribution in [3.05, 3.63) is 23.5 Å². The van der Waals surface area contributed by atoms with Crippen LogP contribution >= 0.6 is 0 Å². The maximum Gasteiger partial charge on any atom is 0.00436 e. The summed E-state index contributed by atoms with van der Waals surface area (Å²) < 4.78 is 0. The predicted octanol–water partition coefficient (Wildman–Crippen LogP) is 1.64. The predicted molar refractivity (Wildman–Crippen MR) is 50.1 cm³/mol. The van der Waals surface area contributed by atoms with Crippen LogP contribution in [0.4, 0.5) is 0 Å². The first-order valence-electron chi connectivity index (χ1n) is 4.68. The minimum atomic E-state index is 0.583. The summed E-state index contributed by atoms with van der Waals surface area (Å²) in [5.74, 6) is 1.33. The van der Waals surface area contributed by atoms with Crippen molar-refractivity contribution in [3.63, 3.8) is 0 Å². The van der Waals surface area contributed by atoms with Crippen molar-refractivity contribution in [3.8, 4) is 0 Å². The summed E-state index contributed by atoms with van der Waals surface area (Å²) in [6.07, 6.45) is 6.73. The Kier molecular flexibility index (Phi) is 1.93. The zero-order valence-corrected chi connectivity index (χ0v) is 7.51. The van der Waals surface area contributed by atoms with Gasteiger partial charge in [0.25, 0.3) is 0 Å². The average Bonchev–Trinajstić information content (AvgIpc) is 2.52. The molecule has 0 bridgehead atoms. The van der Waals surface area contributed by atoms with Gasteiger partial charge in [0.2, 0.25) is 0 Å². The quantitative estimate of drug-likeness (QED) is 0.651. The van der Waals surface area contributed by atoms with Crippen LogP contribution in [0, 0.1) is 5.92 Å². The highest BCUT2D eigenvalue weighted by atomic mass is 14.7. The van der Waals surface area contributed by atoms with Crippen molar-refractivity contribution < 1.29 is 0 Å². The Morgan fingerprint density at radius 1 is 1.58 bits per heavy atom. The van der Waals surface area contributed by atoms with Crippen LogP contribution < -0.4 is 5.73 Å². The molecule has 1 aliphatic carbocycles. The summed E-state index contributed by atoms with van der Waals surface area (Å²) in [6.45, 7) is 3.08. The lowest BCUT2D eigenvalue weighted by atomic mass is 9.78. The van der Waals surface area contributed by atoms with E-state index in [0.29, 0.717) is 5.92 Å². The Balaban J connectivity index is 2.34. The van der Waals surface area contributed by atoms with E-state index in [-0.39, 0.29) is 0 Å². The Labute approximate surface area is 73.2 Å². The number of nitrogens with two attached hydrogens (primary N) is 1. The van der Waals surface area contributed by atoms with E-state index in [1.165, 1.54) is 24.0 Å². The molecular weight excluding hydrogens is 148 g/mol. The van der Waals surface area contributed by atoms with Gasteiger partial charge in [-0.3, -0.25) is 0 Å². The van der Waals surface area contributed by atoms with E-state index in [2.05, 4.69) is 24.3 Å². The minimum absolute atomic E-state index is 0.583. The fourth-order valence-corrected chi connectivity index (χ4v) is 2.22. The van der Waals surface area contributed by atoms with Crippen molar-refractivity contribution in [1.29, 1.82) is 0 Å². The second kappa shape index (κ2) is 2.94. The van der Waals surface area contributed by atoms with Crippen LogP contribution in [-0.4, -0.2) is 11.5 Å². The van der Waals surface area contributed by atoms with Gasteiger partial charge in [-0.05, 0) is 36.4 Å². The van der Waals surface area contributed by atoms with Crippen molar-refractivity contribution in [2.45, 2.75) is 25.7 Å². The van der Waals surface area contributed by atoms with E-state index in [9.17, 15) is 0 Å². The number of aromatic nitrogens is 1. The number of rotatable bonds is 1. The highest BCUT2D eigenvalue weighted by Crippen LogP contribution is 2.34. The van der Waals surface area contributed by atoms with Crippen LogP contribution in [-0.2, 0) is 6.42 Å². The number of aromatic amines is 1. The zero-order chi connectivity index (χ0) is 8.55. The molecule has 0 saturated carbocycles. The first-order valence-corrected chi connectivity index (χ1v) is 4.68. The molecule has 2 nitrogen and oxygen atoms in total. The molecule has 12 heavy (non-hydrogen) atoms. The molecule has 0 aromatic carbocycles. The second-order valence-electron chi connectivity index (χ2n) is 3.79. The summed E-state index contributed by atoms with van der Waals surface area (Å²) in [5.41, 5.74) is 8.68. The van der Waals surface area contributed by atoms with Crippen LogP contribution in [0.3, 0.4) is 0 Å². The Hall–Kier alpha value is -0.760. The lowest BCUT2D eigenvalue weighted by molar-refractivity contribution is 0.410. The van der Waals surface area contributed by atoms with E-state index in [4.69, 9.17) is 5.73 Å². The van der Waals surface area contributed by atoms with Gasteiger partial charge in [0.1, 0.15) is 0 Å². The van der Waals surface area contributed by atoms with Gasteiger partial charge in [0.15, 0.2) is 0 Å². The van der Waals surface area contributed by atoms with Gasteiger partial charge in [0.05, 0.1) is 0 Å². The highest BCUT2D eigenvalue weighted by molar-refractivity contribution is 5.30. The maximum atomic E-state index is 5.75. The molecule has 2 rings (SSSR count). The summed E-state index contributed by atoms with van der Waals surface area (Å²) in [6, 6.07) is 0. The number of nitrogens with one attached hydrogen (secondary N) is 1. The molecule has 2 heteroatoms. The van der Waals surface area contributed by atoms with Crippen LogP contribution in [0.1, 0.15) is 30.4 Å². The lowest BCUT2D eigenvalue weighted by Crippen LogP contribution is -2.24. The molecule has 1 aromatic heterocycles. The van der Waals surface area contributed by atoms with Gasteiger partial charge in [-0.25, -0.2) is 0 Å². The largest absolute Gasteiger partial charge is 0.367 e. The van der Waals surface area contributed by atoms with E-state index in [1.54, 1.807) is 0 Å². The molecule has 0 aliphatic heterocycles. The molecule has 0 radical (unpaired) electrons.